The molecule has 1 rings (SSSR count). The van der Waals surface area contributed by atoms with Crippen LogP contribution in [0.5, 0.6) is 0 Å². The Balaban J connectivity index is 2.58. The number of hydrogen-bond acceptors (Lipinski definition) is 4. The Labute approximate surface area is 163 Å². The first-order valence-electron chi connectivity index (χ1n) is 8.47. The van der Waals surface area contributed by atoms with Crippen molar-refractivity contribution in [3.8, 4) is 0 Å². The Morgan fingerprint density at radius 3 is 1.87 bits per heavy atom. The first-order chi connectivity index (χ1) is 13.4. The van der Waals surface area contributed by atoms with Crippen molar-refractivity contribution in [2.24, 2.45) is 0 Å². The van der Waals surface area contributed by atoms with Gasteiger partial charge in [0.1, 0.15) is 0 Å². The number of alkyl halides is 11. The number of hydrogen-bond donors (Lipinski definition) is 0. The van der Waals surface area contributed by atoms with E-state index in [1.807, 2.05) is 0 Å². The van der Waals surface area contributed by atoms with E-state index in [4.69, 9.17) is 4.74 Å². The van der Waals surface area contributed by atoms with Gasteiger partial charge >= 0.3 is 35.8 Å². The van der Waals surface area contributed by atoms with Gasteiger partial charge in [-0.2, -0.15) is 48.3 Å². The maximum Gasteiger partial charge on any atom is 0.459 e. The van der Waals surface area contributed by atoms with Gasteiger partial charge < -0.3 is 9.47 Å². The zero-order chi connectivity index (χ0) is 23.4. The van der Waals surface area contributed by atoms with Crippen LogP contribution in [0.4, 0.5) is 48.3 Å². The molecule has 178 valence electrons. The van der Waals surface area contributed by atoms with Crippen molar-refractivity contribution >= 4 is 5.97 Å². The highest BCUT2D eigenvalue weighted by molar-refractivity contribution is 5.69. The van der Waals surface area contributed by atoms with Crippen LogP contribution in [0.1, 0.15) is 19.3 Å². The summed E-state index contributed by atoms with van der Waals surface area (Å²) in [7, 11) is 0. The monoisotopic (exact) mass is 469 g/mol. The first kappa shape index (κ1) is 26.7. The predicted octanol–water partition coefficient (Wildman–Crippen LogP) is 4.14. The number of halogens is 11. The molecule has 1 heterocycles. The molecule has 15 heteroatoms. The first-order valence-corrected chi connectivity index (χ1v) is 8.47. The summed E-state index contributed by atoms with van der Waals surface area (Å²) in [6.45, 7) is 0.519. The standard InChI is InChI=1S/C15H18F11NO3/c16-11(17,2-6-30-10(28)1-3-27-4-7-29-8-5-27)12(18,19)9-13(20,21)14(22,23)15(24,25)26/h1-9H2. The van der Waals surface area contributed by atoms with Crippen molar-refractivity contribution < 1.29 is 62.6 Å². The minimum Gasteiger partial charge on any atom is -0.465 e. The van der Waals surface area contributed by atoms with Crippen molar-refractivity contribution in [2.45, 2.75) is 49.1 Å². The Kier molecular flexibility index (Phi) is 8.36. The average Bonchev–Trinajstić information content (AvgIpc) is 2.58. The molecule has 0 aromatic heterocycles. The number of carbonyl (C=O) groups excluding carboxylic acids is 1. The molecule has 0 aliphatic carbocycles. The van der Waals surface area contributed by atoms with Crippen LogP contribution in [0.3, 0.4) is 0 Å². The molecule has 30 heavy (non-hydrogen) atoms. The maximum atomic E-state index is 13.5. The average molecular weight is 469 g/mol. The van der Waals surface area contributed by atoms with Crippen LogP contribution in [0.25, 0.3) is 0 Å². The summed E-state index contributed by atoms with van der Waals surface area (Å²) >= 11 is 0. The lowest BCUT2D eigenvalue weighted by Gasteiger charge is -2.33. The summed E-state index contributed by atoms with van der Waals surface area (Å²) in [5.41, 5.74) is 0. The normalized spacial score (nSPS) is 17.8. The van der Waals surface area contributed by atoms with E-state index in [9.17, 15) is 53.1 Å². The fourth-order valence-corrected chi connectivity index (χ4v) is 2.35. The Bertz CT molecular complexity index is 575. The molecule has 0 saturated carbocycles. The number of nitrogens with zero attached hydrogens (tertiary/aromatic N) is 1. The quantitative estimate of drug-likeness (QED) is 0.356. The second kappa shape index (κ2) is 9.40. The van der Waals surface area contributed by atoms with Gasteiger partial charge in [0.05, 0.1) is 39.1 Å². The van der Waals surface area contributed by atoms with Gasteiger partial charge in [0.25, 0.3) is 0 Å². The number of ether oxygens (including phenoxy) is 2. The van der Waals surface area contributed by atoms with E-state index in [-0.39, 0.29) is 13.0 Å². The largest absolute Gasteiger partial charge is 0.465 e. The maximum absolute atomic E-state index is 13.5. The van der Waals surface area contributed by atoms with Crippen molar-refractivity contribution in [3.63, 3.8) is 0 Å². The van der Waals surface area contributed by atoms with E-state index in [1.54, 1.807) is 4.90 Å². The Morgan fingerprint density at radius 1 is 0.833 bits per heavy atom. The highest BCUT2D eigenvalue weighted by atomic mass is 19.4. The van der Waals surface area contributed by atoms with E-state index in [0.29, 0.717) is 26.3 Å². The third-order valence-electron chi connectivity index (χ3n) is 4.21. The third-order valence-corrected chi connectivity index (χ3v) is 4.21. The molecular formula is C15H18F11NO3. The van der Waals surface area contributed by atoms with E-state index >= 15 is 0 Å². The fraction of sp³-hybridized carbons (Fsp3) is 0.933. The van der Waals surface area contributed by atoms with E-state index in [0.717, 1.165) is 0 Å². The molecule has 0 unspecified atom stereocenters. The van der Waals surface area contributed by atoms with Gasteiger partial charge in [-0.3, -0.25) is 9.69 Å². The summed E-state index contributed by atoms with van der Waals surface area (Å²) in [5.74, 6) is -25.9. The van der Waals surface area contributed by atoms with Gasteiger partial charge in [0, 0.05) is 19.6 Å². The molecule has 1 fully saturated rings. The lowest BCUT2D eigenvalue weighted by atomic mass is 9.97. The molecule has 1 aliphatic heterocycles. The van der Waals surface area contributed by atoms with Crippen molar-refractivity contribution in [2.75, 3.05) is 39.5 Å². The molecule has 0 aromatic carbocycles. The number of rotatable bonds is 10. The molecule has 0 bridgehead atoms. The zero-order valence-electron chi connectivity index (χ0n) is 15.2. The van der Waals surface area contributed by atoms with Gasteiger partial charge in [-0.1, -0.05) is 0 Å². The second-order valence-corrected chi connectivity index (χ2v) is 6.54. The van der Waals surface area contributed by atoms with Gasteiger partial charge in [0.15, 0.2) is 0 Å². The minimum absolute atomic E-state index is 0.146. The third kappa shape index (κ3) is 6.56. The number of esters is 1. The highest BCUT2D eigenvalue weighted by Crippen LogP contribution is 2.53. The van der Waals surface area contributed by atoms with Crippen LogP contribution in [0.15, 0.2) is 0 Å². The second-order valence-electron chi connectivity index (χ2n) is 6.54. The summed E-state index contributed by atoms with van der Waals surface area (Å²) < 4.78 is 151. The highest BCUT2D eigenvalue weighted by Gasteiger charge is 2.76. The van der Waals surface area contributed by atoms with Crippen LogP contribution in [0, 0.1) is 0 Å². The molecule has 0 N–H and O–H groups in total. The molecular weight excluding hydrogens is 451 g/mol. The lowest BCUT2D eigenvalue weighted by molar-refractivity contribution is -0.370. The van der Waals surface area contributed by atoms with Crippen LogP contribution < -0.4 is 0 Å². The molecule has 0 radical (unpaired) electrons. The van der Waals surface area contributed by atoms with E-state index in [2.05, 4.69) is 4.74 Å². The fourth-order valence-electron chi connectivity index (χ4n) is 2.35. The van der Waals surface area contributed by atoms with E-state index < -0.39 is 55.3 Å². The molecule has 1 aliphatic rings. The summed E-state index contributed by atoms with van der Waals surface area (Å²) in [5, 5.41) is 0. The van der Waals surface area contributed by atoms with E-state index in [1.165, 1.54) is 0 Å². The minimum atomic E-state index is -6.95. The summed E-state index contributed by atoms with van der Waals surface area (Å²) in [6.07, 6.45) is -13.1. The van der Waals surface area contributed by atoms with Crippen LogP contribution in [-0.2, 0) is 14.3 Å². The molecule has 0 spiro atoms. The molecule has 1 saturated heterocycles. The van der Waals surface area contributed by atoms with Crippen LogP contribution in [-0.4, -0.2) is 80.2 Å². The van der Waals surface area contributed by atoms with Gasteiger partial charge in [-0.05, 0) is 0 Å². The summed E-state index contributed by atoms with van der Waals surface area (Å²) in [6, 6.07) is 0. The Morgan fingerprint density at radius 2 is 1.37 bits per heavy atom. The van der Waals surface area contributed by atoms with Gasteiger partial charge in [-0.15, -0.1) is 0 Å². The van der Waals surface area contributed by atoms with Crippen molar-refractivity contribution in [1.82, 2.24) is 4.90 Å². The Hall–Kier alpha value is -1.38. The van der Waals surface area contributed by atoms with Gasteiger partial charge in [0.2, 0.25) is 0 Å². The zero-order valence-corrected chi connectivity index (χ0v) is 15.2. The summed E-state index contributed by atoms with van der Waals surface area (Å²) in [4.78, 5) is 13.2. The molecule has 0 aromatic rings. The molecule has 4 nitrogen and oxygen atoms in total. The lowest BCUT2D eigenvalue weighted by Crippen LogP contribution is -2.56. The van der Waals surface area contributed by atoms with Crippen LogP contribution in [0.2, 0.25) is 0 Å². The SMILES string of the molecule is O=C(CCN1CCOCC1)OCCC(F)(F)C(F)(F)CC(F)(F)C(F)(F)C(F)(F)F. The smallest absolute Gasteiger partial charge is 0.459 e. The van der Waals surface area contributed by atoms with Crippen molar-refractivity contribution in [3.05, 3.63) is 0 Å². The van der Waals surface area contributed by atoms with Crippen molar-refractivity contribution in [1.29, 1.82) is 0 Å². The topological polar surface area (TPSA) is 38.8 Å². The van der Waals surface area contributed by atoms with Crippen LogP contribution >= 0.6 is 0 Å². The number of carbonyl (C=O) groups is 1. The predicted molar refractivity (Wildman–Crippen MR) is 77.9 cm³/mol. The number of morpholine rings is 1. The molecule has 0 amide bonds. The van der Waals surface area contributed by atoms with Gasteiger partial charge in [-0.25, -0.2) is 0 Å². The molecule has 0 atom stereocenters.